The molecule has 0 aliphatic rings. The first kappa shape index (κ1) is 13.1. The molecule has 4 nitrogen and oxygen atoms in total. The van der Waals surface area contributed by atoms with Crippen molar-refractivity contribution < 1.29 is 0 Å². The summed E-state index contributed by atoms with van der Waals surface area (Å²) in [5.74, 6) is 0. The van der Waals surface area contributed by atoms with Gasteiger partial charge in [-0.15, -0.1) is 0 Å². The van der Waals surface area contributed by atoms with Gasteiger partial charge in [0, 0.05) is 0 Å². The smallest absolute Gasteiger partial charge is 0.182 e. The lowest BCUT2D eigenvalue weighted by molar-refractivity contribution is 1.05. The molecular formula is C16H10N4S. The molecule has 2 aromatic carbocycles. The molecule has 0 atom stereocenters. The zero-order valence-electron chi connectivity index (χ0n) is 11.2. The molecule has 0 aliphatic carbocycles. The van der Waals surface area contributed by atoms with Crippen LogP contribution >= 0.6 is 12.2 Å². The van der Waals surface area contributed by atoms with Crippen LogP contribution in [0.2, 0.25) is 0 Å². The van der Waals surface area contributed by atoms with Gasteiger partial charge in [0.2, 0.25) is 0 Å². The normalized spacial score (nSPS) is 10.2. The number of nitrogens with zero attached hydrogens (tertiary/aromatic N) is 3. The van der Waals surface area contributed by atoms with Gasteiger partial charge in [-0.1, -0.05) is 6.07 Å². The standard InChI is InChI=1S/C16H10N4S/c1-10-2-3-11(8-17)6-14(10)20-15-7-12(9-18)4-5-13(15)19-16(20)21/h2-7H,1H3,(H,19,21). The minimum atomic E-state index is 0.540. The molecule has 0 saturated heterocycles. The highest BCUT2D eigenvalue weighted by molar-refractivity contribution is 7.71. The van der Waals surface area contributed by atoms with Crippen molar-refractivity contribution in [3.8, 4) is 17.8 Å². The fourth-order valence-corrected chi connectivity index (χ4v) is 2.64. The van der Waals surface area contributed by atoms with Crippen molar-refractivity contribution in [3.05, 3.63) is 57.9 Å². The van der Waals surface area contributed by atoms with Gasteiger partial charge in [0.1, 0.15) is 0 Å². The van der Waals surface area contributed by atoms with E-state index in [0.717, 1.165) is 22.3 Å². The van der Waals surface area contributed by atoms with E-state index in [0.29, 0.717) is 15.9 Å². The summed E-state index contributed by atoms with van der Waals surface area (Å²) in [6.45, 7) is 1.96. The SMILES string of the molecule is Cc1ccc(C#N)cc1-n1c(=S)[nH]c2ccc(C#N)cc21. The Morgan fingerprint density at radius 1 is 1.05 bits per heavy atom. The van der Waals surface area contributed by atoms with Crippen molar-refractivity contribution in [1.82, 2.24) is 9.55 Å². The van der Waals surface area contributed by atoms with E-state index < -0.39 is 0 Å². The van der Waals surface area contributed by atoms with Crippen LogP contribution in [-0.4, -0.2) is 9.55 Å². The molecule has 3 rings (SSSR count). The van der Waals surface area contributed by atoms with Gasteiger partial charge in [-0.25, -0.2) is 0 Å². The first-order chi connectivity index (χ1) is 10.1. The van der Waals surface area contributed by atoms with E-state index in [1.54, 1.807) is 24.3 Å². The third-order valence-electron chi connectivity index (χ3n) is 3.39. The van der Waals surface area contributed by atoms with Gasteiger partial charge < -0.3 is 4.98 Å². The van der Waals surface area contributed by atoms with Gasteiger partial charge in [0.15, 0.2) is 4.77 Å². The number of nitrogens with one attached hydrogen (secondary N) is 1. The second-order valence-corrected chi connectivity index (χ2v) is 5.11. The second-order valence-electron chi connectivity index (χ2n) is 4.72. The van der Waals surface area contributed by atoms with Gasteiger partial charge in [-0.2, -0.15) is 10.5 Å². The molecule has 1 heterocycles. The third-order valence-corrected chi connectivity index (χ3v) is 3.68. The van der Waals surface area contributed by atoms with Crippen LogP contribution in [0.1, 0.15) is 16.7 Å². The monoisotopic (exact) mass is 290 g/mol. The summed E-state index contributed by atoms with van der Waals surface area (Å²) < 4.78 is 2.40. The number of aryl methyl sites for hydroxylation is 1. The number of nitriles is 2. The maximum atomic E-state index is 9.08. The first-order valence-corrected chi connectivity index (χ1v) is 6.71. The zero-order chi connectivity index (χ0) is 15.0. The molecule has 21 heavy (non-hydrogen) atoms. The number of rotatable bonds is 1. The number of aromatic amines is 1. The number of H-pyrrole nitrogens is 1. The fourth-order valence-electron chi connectivity index (χ4n) is 2.33. The molecule has 0 spiro atoms. The van der Waals surface area contributed by atoms with E-state index in [4.69, 9.17) is 22.7 Å². The number of imidazole rings is 1. The summed E-state index contributed by atoms with van der Waals surface area (Å²) >= 11 is 5.40. The Morgan fingerprint density at radius 2 is 1.71 bits per heavy atom. The van der Waals surface area contributed by atoms with Crippen LogP contribution in [-0.2, 0) is 0 Å². The number of aromatic nitrogens is 2. The quantitative estimate of drug-likeness (QED) is 0.694. The average Bonchev–Trinajstić information content (AvgIpc) is 2.82. The van der Waals surface area contributed by atoms with Crippen molar-refractivity contribution >= 4 is 23.3 Å². The van der Waals surface area contributed by atoms with Crippen molar-refractivity contribution in [1.29, 1.82) is 10.5 Å². The molecule has 0 unspecified atom stereocenters. The fraction of sp³-hybridized carbons (Fsp3) is 0.0625. The van der Waals surface area contributed by atoms with Crippen molar-refractivity contribution in [2.75, 3.05) is 0 Å². The highest BCUT2D eigenvalue weighted by Crippen LogP contribution is 2.23. The Balaban J connectivity index is 2.40. The minimum absolute atomic E-state index is 0.540. The molecule has 1 aromatic heterocycles. The highest BCUT2D eigenvalue weighted by atomic mass is 32.1. The summed E-state index contributed by atoms with van der Waals surface area (Å²) in [5.41, 5.74) is 4.69. The second kappa shape index (κ2) is 4.90. The predicted molar refractivity (Wildman–Crippen MR) is 82.6 cm³/mol. The molecule has 3 aromatic rings. The van der Waals surface area contributed by atoms with Gasteiger partial charge in [0.05, 0.1) is 40.0 Å². The van der Waals surface area contributed by atoms with Crippen LogP contribution in [0.3, 0.4) is 0 Å². The first-order valence-electron chi connectivity index (χ1n) is 6.30. The Labute approximate surface area is 126 Å². The molecule has 0 radical (unpaired) electrons. The van der Waals surface area contributed by atoms with E-state index >= 15 is 0 Å². The number of fused-ring (bicyclic) bond motifs is 1. The van der Waals surface area contributed by atoms with E-state index in [9.17, 15) is 0 Å². The van der Waals surface area contributed by atoms with Crippen molar-refractivity contribution in [3.63, 3.8) is 0 Å². The van der Waals surface area contributed by atoms with Gasteiger partial charge in [-0.3, -0.25) is 4.57 Å². The van der Waals surface area contributed by atoms with Gasteiger partial charge >= 0.3 is 0 Å². The molecule has 0 fully saturated rings. The summed E-state index contributed by atoms with van der Waals surface area (Å²) in [6, 6.07) is 15.1. The molecule has 0 aliphatic heterocycles. The highest BCUT2D eigenvalue weighted by Gasteiger charge is 2.10. The average molecular weight is 290 g/mol. The lowest BCUT2D eigenvalue weighted by atomic mass is 10.1. The predicted octanol–water partition coefficient (Wildman–Crippen LogP) is 3.74. The molecular weight excluding hydrogens is 280 g/mol. The van der Waals surface area contributed by atoms with Crippen LogP contribution in [0.15, 0.2) is 36.4 Å². The summed E-state index contributed by atoms with van der Waals surface area (Å²) in [7, 11) is 0. The molecule has 0 saturated carbocycles. The van der Waals surface area contributed by atoms with E-state index in [-0.39, 0.29) is 0 Å². The maximum absolute atomic E-state index is 9.08. The van der Waals surface area contributed by atoms with Crippen LogP contribution in [0.25, 0.3) is 16.7 Å². The molecule has 100 valence electrons. The van der Waals surface area contributed by atoms with Crippen LogP contribution < -0.4 is 0 Å². The van der Waals surface area contributed by atoms with Gasteiger partial charge in [-0.05, 0) is 55.0 Å². The summed E-state index contributed by atoms with van der Waals surface area (Å²) in [5, 5.41) is 18.1. The van der Waals surface area contributed by atoms with E-state index in [2.05, 4.69) is 17.1 Å². The van der Waals surface area contributed by atoms with E-state index in [1.165, 1.54) is 0 Å². The summed E-state index contributed by atoms with van der Waals surface area (Å²) in [4.78, 5) is 3.13. The molecule has 0 amide bonds. The van der Waals surface area contributed by atoms with Gasteiger partial charge in [0.25, 0.3) is 0 Å². The Morgan fingerprint density at radius 3 is 2.43 bits per heavy atom. The lowest BCUT2D eigenvalue weighted by Gasteiger charge is -2.09. The Kier molecular flexibility index (Phi) is 3.06. The minimum Gasteiger partial charge on any atom is -0.330 e. The summed E-state index contributed by atoms with van der Waals surface area (Å²) in [6.07, 6.45) is 0. The molecule has 5 heteroatoms. The molecule has 1 N–H and O–H groups in total. The van der Waals surface area contributed by atoms with Crippen LogP contribution in [0, 0.1) is 34.4 Å². The number of benzene rings is 2. The van der Waals surface area contributed by atoms with E-state index in [1.807, 2.05) is 23.6 Å². The van der Waals surface area contributed by atoms with Crippen molar-refractivity contribution in [2.24, 2.45) is 0 Å². The zero-order valence-corrected chi connectivity index (χ0v) is 12.0. The largest absolute Gasteiger partial charge is 0.330 e. The lowest BCUT2D eigenvalue weighted by Crippen LogP contribution is -1.98. The van der Waals surface area contributed by atoms with Crippen LogP contribution in [0.5, 0.6) is 0 Å². The Bertz CT molecular complexity index is 996. The maximum Gasteiger partial charge on any atom is 0.182 e. The number of hydrogen-bond donors (Lipinski definition) is 1. The van der Waals surface area contributed by atoms with Crippen LogP contribution in [0.4, 0.5) is 0 Å². The van der Waals surface area contributed by atoms with Crippen molar-refractivity contribution in [2.45, 2.75) is 6.92 Å². The molecule has 0 bridgehead atoms. The third kappa shape index (κ3) is 2.10. The number of hydrogen-bond acceptors (Lipinski definition) is 3. The topological polar surface area (TPSA) is 68.3 Å². The Hall–Kier alpha value is -2.89.